The second-order valence-corrected chi connectivity index (χ2v) is 5.76. The first-order valence-corrected chi connectivity index (χ1v) is 7.45. The highest BCUT2D eigenvalue weighted by Gasteiger charge is 2.52. The fourth-order valence-electron chi connectivity index (χ4n) is 2.12. The van der Waals surface area contributed by atoms with E-state index in [0.29, 0.717) is 17.8 Å². The van der Waals surface area contributed by atoms with Gasteiger partial charge in [0.05, 0.1) is 7.11 Å². The number of rotatable bonds is 7. The third kappa shape index (κ3) is 4.51. The molecular weight excluding hydrogens is 309 g/mol. The van der Waals surface area contributed by atoms with Gasteiger partial charge in [-0.05, 0) is 39.1 Å². The van der Waals surface area contributed by atoms with E-state index in [2.05, 4.69) is 10.2 Å². The first-order valence-electron chi connectivity index (χ1n) is 7.45. The summed E-state index contributed by atoms with van der Waals surface area (Å²) in [5, 5.41) is 13.1. The molecule has 1 unspecified atom stereocenters. The zero-order chi connectivity index (χ0) is 17.8. The predicted molar refractivity (Wildman–Crippen MR) is 85.0 cm³/mol. The molecule has 1 aromatic carbocycles. The van der Waals surface area contributed by atoms with E-state index in [1.165, 1.54) is 19.2 Å². The minimum absolute atomic E-state index is 0.00395. The number of halogens is 3. The van der Waals surface area contributed by atoms with Crippen LogP contribution in [0.15, 0.2) is 12.1 Å². The second-order valence-electron chi connectivity index (χ2n) is 5.76. The molecule has 0 bridgehead atoms. The van der Waals surface area contributed by atoms with E-state index >= 15 is 0 Å². The minimum Gasteiger partial charge on any atom is -0.496 e. The lowest BCUT2D eigenvalue weighted by atomic mass is 9.92. The van der Waals surface area contributed by atoms with Crippen LogP contribution in [0.1, 0.15) is 25.0 Å². The lowest BCUT2D eigenvalue weighted by Gasteiger charge is -2.29. The molecule has 1 rings (SSSR count). The Morgan fingerprint density at radius 3 is 2.39 bits per heavy atom. The molecule has 0 heterocycles. The summed E-state index contributed by atoms with van der Waals surface area (Å²) in [5.41, 5.74) is -1.96. The maximum Gasteiger partial charge on any atom is 0.421 e. The minimum atomic E-state index is -4.79. The van der Waals surface area contributed by atoms with Gasteiger partial charge in [0.15, 0.2) is 5.60 Å². The van der Waals surface area contributed by atoms with E-state index in [1.807, 2.05) is 14.0 Å². The van der Waals surface area contributed by atoms with E-state index in [9.17, 15) is 18.3 Å². The average molecular weight is 334 g/mol. The molecule has 0 saturated carbocycles. The van der Waals surface area contributed by atoms with Gasteiger partial charge < -0.3 is 20.1 Å². The monoisotopic (exact) mass is 334 g/mol. The van der Waals surface area contributed by atoms with Crippen LogP contribution in [0.3, 0.4) is 0 Å². The summed E-state index contributed by atoms with van der Waals surface area (Å²) in [6.45, 7) is 6.85. The Labute approximate surface area is 135 Å². The number of alkyl halides is 3. The number of nitrogens with zero attached hydrogens (tertiary/aromatic N) is 1. The SMILES string of the molecule is CCN(C)CCNc1cc(OC)c(C(C)(O)C(F)(F)F)cc1C. The van der Waals surface area contributed by atoms with Gasteiger partial charge in [-0.15, -0.1) is 0 Å². The largest absolute Gasteiger partial charge is 0.496 e. The normalized spacial score (nSPS) is 14.7. The van der Waals surface area contributed by atoms with Crippen molar-refractivity contribution < 1.29 is 23.0 Å². The first kappa shape index (κ1) is 19.6. The Balaban J connectivity index is 3.08. The van der Waals surface area contributed by atoms with Crippen molar-refractivity contribution >= 4 is 5.69 Å². The van der Waals surface area contributed by atoms with Gasteiger partial charge in [0.1, 0.15) is 5.75 Å². The van der Waals surface area contributed by atoms with Gasteiger partial charge in [-0.3, -0.25) is 0 Å². The number of aliphatic hydroxyl groups is 1. The van der Waals surface area contributed by atoms with Gasteiger partial charge in [0, 0.05) is 30.4 Å². The summed E-state index contributed by atoms with van der Waals surface area (Å²) in [6.07, 6.45) is -4.79. The Kier molecular flexibility index (Phi) is 6.30. The molecule has 132 valence electrons. The van der Waals surface area contributed by atoms with Crippen molar-refractivity contribution in [1.82, 2.24) is 4.90 Å². The van der Waals surface area contributed by atoms with E-state index in [1.54, 1.807) is 6.92 Å². The van der Waals surface area contributed by atoms with E-state index in [0.717, 1.165) is 20.0 Å². The third-order valence-corrected chi connectivity index (χ3v) is 3.97. The molecule has 0 saturated heterocycles. The summed E-state index contributed by atoms with van der Waals surface area (Å²) >= 11 is 0. The molecule has 1 atom stereocenters. The van der Waals surface area contributed by atoms with Gasteiger partial charge in [0.25, 0.3) is 0 Å². The second kappa shape index (κ2) is 7.40. The Morgan fingerprint density at radius 2 is 1.91 bits per heavy atom. The van der Waals surface area contributed by atoms with Crippen LogP contribution >= 0.6 is 0 Å². The van der Waals surface area contributed by atoms with Crippen molar-refractivity contribution in [2.24, 2.45) is 0 Å². The lowest BCUT2D eigenvalue weighted by Crippen LogP contribution is -2.39. The smallest absolute Gasteiger partial charge is 0.421 e. The third-order valence-electron chi connectivity index (χ3n) is 3.97. The molecule has 0 aliphatic heterocycles. The fourth-order valence-corrected chi connectivity index (χ4v) is 2.12. The molecule has 0 fully saturated rings. The van der Waals surface area contributed by atoms with Crippen molar-refractivity contribution in [2.45, 2.75) is 32.5 Å². The summed E-state index contributed by atoms with van der Waals surface area (Å²) in [6, 6.07) is 2.81. The number of hydrogen-bond donors (Lipinski definition) is 2. The predicted octanol–water partition coefficient (Wildman–Crippen LogP) is 3.14. The summed E-state index contributed by atoms with van der Waals surface area (Å²) in [5.74, 6) is 0.00395. The quantitative estimate of drug-likeness (QED) is 0.804. The van der Waals surface area contributed by atoms with Crippen molar-refractivity contribution in [3.63, 3.8) is 0 Å². The Bertz CT molecular complexity index is 531. The van der Waals surface area contributed by atoms with Gasteiger partial charge in [-0.2, -0.15) is 13.2 Å². The highest BCUT2D eigenvalue weighted by molar-refractivity contribution is 5.59. The van der Waals surface area contributed by atoms with Crippen molar-refractivity contribution in [2.75, 3.05) is 39.1 Å². The molecule has 0 spiro atoms. The van der Waals surface area contributed by atoms with Crippen LogP contribution < -0.4 is 10.1 Å². The molecule has 2 N–H and O–H groups in total. The Morgan fingerprint density at radius 1 is 1.30 bits per heavy atom. The number of ether oxygens (including phenoxy) is 1. The number of benzene rings is 1. The molecule has 4 nitrogen and oxygen atoms in total. The summed E-state index contributed by atoms with van der Waals surface area (Å²) < 4.78 is 44.3. The van der Waals surface area contributed by atoms with Crippen molar-refractivity contribution in [3.8, 4) is 5.75 Å². The zero-order valence-electron chi connectivity index (χ0n) is 14.2. The molecule has 0 radical (unpaired) electrons. The van der Waals surface area contributed by atoms with E-state index in [4.69, 9.17) is 4.74 Å². The molecule has 0 aromatic heterocycles. The average Bonchev–Trinajstić information content (AvgIpc) is 2.46. The number of hydrogen-bond acceptors (Lipinski definition) is 4. The fraction of sp³-hybridized carbons (Fsp3) is 0.625. The molecule has 7 heteroatoms. The maximum atomic E-state index is 13.1. The van der Waals surface area contributed by atoms with Crippen LogP contribution in [-0.4, -0.2) is 50.0 Å². The molecule has 23 heavy (non-hydrogen) atoms. The number of anilines is 1. The molecule has 0 aliphatic rings. The van der Waals surface area contributed by atoms with Gasteiger partial charge in [-0.1, -0.05) is 6.92 Å². The number of methoxy groups -OCH3 is 1. The van der Waals surface area contributed by atoms with Crippen LogP contribution in [0.2, 0.25) is 0 Å². The molecule has 0 aliphatic carbocycles. The molecule has 0 amide bonds. The van der Waals surface area contributed by atoms with Crippen LogP contribution in [0.5, 0.6) is 5.75 Å². The van der Waals surface area contributed by atoms with Crippen LogP contribution in [0.4, 0.5) is 18.9 Å². The summed E-state index contributed by atoms with van der Waals surface area (Å²) in [7, 11) is 3.27. The summed E-state index contributed by atoms with van der Waals surface area (Å²) in [4.78, 5) is 2.11. The zero-order valence-corrected chi connectivity index (χ0v) is 14.2. The number of aryl methyl sites for hydroxylation is 1. The van der Waals surface area contributed by atoms with E-state index < -0.39 is 11.8 Å². The highest BCUT2D eigenvalue weighted by atomic mass is 19.4. The van der Waals surface area contributed by atoms with Gasteiger partial charge in [0.2, 0.25) is 0 Å². The Hall–Kier alpha value is -1.47. The first-order chi connectivity index (χ1) is 10.5. The lowest BCUT2D eigenvalue weighted by molar-refractivity contribution is -0.259. The highest BCUT2D eigenvalue weighted by Crippen LogP contribution is 2.43. The van der Waals surface area contributed by atoms with E-state index in [-0.39, 0.29) is 11.3 Å². The topological polar surface area (TPSA) is 44.7 Å². The standard InChI is InChI=1S/C16H25F3N2O2/c1-6-21(4)8-7-20-13-10-14(23-5)12(9-11(13)2)15(3,22)16(17,18)19/h9-10,20,22H,6-8H2,1-5H3. The van der Waals surface area contributed by atoms with Crippen LogP contribution in [0, 0.1) is 6.92 Å². The van der Waals surface area contributed by atoms with Crippen molar-refractivity contribution in [3.05, 3.63) is 23.3 Å². The van der Waals surface area contributed by atoms with Crippen LogP contribution in [0.25, 0.3) is 0 Å². The van der Waals surface area contributed by atoms with Crippen LogP contribution in [-0.2, 0) is 5.60 Å². The number of likely N-dealkylation sites (N-methyl/N-ethyl adjacent to an activating group) is 1. The molecular formula is C16H25F3N2O2. The number of nitrogens with one attached hydrogen (secondary N) is 1. The molecule has 1 aromatic rings. The maximum absolute atomic E-state index is 13.1. The van der Waals surface area contributed by atoms with Gasteiger partial charge in [-0.25, -0.2) is 0 Å². The van der Waals surface area contributed by atoms with Gasteiger partial charge >= 0.3 is 6.18 Å². The van der Waals surface area contributed by atoms with Crippen molar-refractivity contribution in [1.29, 1.82) is 0 Å².